The van der Waals surface area contributed by atoms with Gasteiger partial charge in [-0.3, -0.25) is 9.48 Å². The van der Waals surface area contributed by atoms with Crippen LogP contribution in [0.4, 0.5) is 10.5 Å². The lowest BCUT2D eigenvalue weighted by Crippen LogP contribution is -2.50. The zero-order valence-corrected chi connectivity index (χ0v) is 14.6. The van der Waals surface area contributed by atoms with Crippen molar-refractivity contribution in [2.45, 2.75) is 25.4 Å². The van der Waals surface area contributed by atoms with E-state index in [1.807, 2.05) is 36.9 Å². The standard InChI is InChI=1S/C16H26N6O2/c1-19(2)7-8-21-10-12(9-17-21)18-16(24)22-6-4-5-13-14(22)11-20(3)15(13)23/h9-10,13-14H,4-8,11H2,1-3H3,(H,18,24)/t13-,14-/m1/s1. The molecule has 0 saturated carbocycles. The van der Waals surface area contributed by atoms with Gasteiger partial charge in [-0.25, -0.2) is 4.79 Å². The summed E-state index contributed by atoms with van der Waals surface area (Å²) < 4.78 is 1.82. The number of anilines is 1. The van der Waals surface area contributed by atoms with Gasteiger partial charge in [0.2, 0.25) is 5.91 Å². The van der Waals surface area contributed by atoms with Gasteiger partial charge in [-0.05, 0) is 26.9 Å². The number of urea groups is 1. The number of hydrogen-bond donors (Lipinski definition) is 1. The van der Waals surface area contributed by atoms with Crippen LogP contribution in [-0.4, -0.2) is 83.2 Å². The highest BCUT2D eigenvalue weighted by Gasteiger charge is 2.45. The van der Waals surface area contributed by atoms with E-state index in [9.17, 15) is 9.59 Å². The van der Waals surface area contributed by atoms with Crippen LogP contribution in [0.25, 0.3) is 0 Å². The summed E-state index contributed by atoms with van der Waals surface area (Å²) in [5, 5.41) is 7.19. The van der Waals surface area contributed by atoms with E-state index in [1.165, 1.54) is 0 Å². The number of likely N-dealkylation sites (tertiary alicyclic amines) is 2. The minimum absolute atomic E-state index is 0.0139. The maximum Gasteiger partial charge on any atom is 0.322 e. The molecule has 0 aromatic carbocycles. The summed E-state index contributed by atoms with van der Waals surface area (Å²) in [6, 6.07) is -0.153. The van der Waals surface area contributed by atoms with Crippen LogP contribution in [0, 0.1) is 5.92 Å². The molecule has 3 amide bonds. The number of fused-ring (bicyclic) bond motifs is 1. The molecular weight excluding hydrogens is 308 g/mol. The highest BCUT2D eigenvalue weighted by atomic mass is 16.2. The fourth-order valence-corrected chi connectivity index (χ4v) is 3.52. The van der Waals surface area contributed by atoms with E-state index in [1.54, 1.807) is 11.1 Å². The minimum atomic E-state index is -0.139. The zero-order valence-electron chi connectivity index (χ0n) is 14.6. The predicted octanol–water partition coefficient (Wildman–Crippen LogP) is 0.529. The molecule has 2 saturated heterocycles. The number of aromatic nitrogens is 2. The van der Waals surface area contributed by atoms with E-state index < -0.39 is 0 Å². The molecule has 0 aliphatic carbocycles. The van der Waals surface area contributed by atoms with E-state index in [0.29, 0.717) is 18.8 Å². The van der Waals surface area contributed by atoms with Crippen molar-refractivity contribution in [2.24, 2.45) is 5.92 Å². The summed E-state index contributed by atoms with van der Waals surface area (Å²) in [6.07, 6.45) is 5.26. The number of hydrogen-bond acceptors (Lipinski definition) is 4. The Morgan fingerprint density at radius 2 is 2.25 bits per heavy atom. The van der Waals surface area contributed by atoms with Crippen LogP contribution in [0.2, 0.25) is 0 Å². The monoisotopic (exact) mass is 334 g/mol. The van der Waals surface area contributed by atoms with Gasteiger partial charge in [-0.15, -0.1) is 0 Å². The zero-order chi connectivity index (χ0) is 17.3. The first kappa shape index (κ1) is 16.8. The molecule has 8 heteroatoms. The third-order valence-corrected chi connectivity index (χ3v) is 4.85. The van der Waals surface area contributed by atoms with E-state index >= 15 is 0 Å². The fourth-order valence-electron chi connectivity index (χ4n) is 3.52. The number of nitrogens with one attached hydrogen (secondary N) is 1. The molecule has 1 aromatic rings. The summed E-state index contributed by atoms with van der Waals surface area (Å²) in [6.45, 7) is 2.98. The van der Waals surface area contributed by atoms with Gasteiger partial charge < -0.3 is 20.0 Å². The Kier molecular flexibility index (Phi) is 4.75. The van der Waals surface area contributed by atoms with Crippen LogP contribution in [0.5, 0.6) is 0 Å². The molecule has 2 atom stereocenters. The lowest BCUT2D eigenvalue weighted by Gasteiger charge is -2.35. The van der Waals surface area contributed by atoms with Crippen molar-refractivity contribution in [3.05, 3.63) is 12.4 Å². The fraction of sp³-hybridized carbons (Fsp3) is 0.688. The lowest BCUT2D eigenvalue weighted by molar-refractivity contribution is -0.130. The van der Waals surface area contributed by atoms with Crippen molar-refractivity contribution in [1.82, 2.24) is 24.5 Å². The summed E-state index contributed by atoms with van der Waals surface area (Å²) in [4.78, 5) is 30.4. The molecule has 3 rings (SSSR count). The van der Waals surface area contributed by atoms with Crippen LogP contribution >= 0.6 is 0 Å². The second kappa shape index (κ2) is 6.80. The molecule has 2 aliphatic rings. The topological polar surface area (TPSA) is 73.7 Å². The van der Waals surface area contributed by atoms with Crippen LogP contribution in [-0.2, 0) is 11.3 Å². The summed E-state index contributed by atoms with van der Waals surface area (Å²) in [5.41, 5.74) is 0.693. The van der Waals surface area contributed by atoms with E-state index in [4.69, 9.17) is 0 Å². The van der Waals surface area contributed by atoms with Crippen molar-refractivity contribution in [3.8, 4) is 0 Å². The maximum atomic E-state index is 12.6. The van der Waals surface area contributed by atoms with Crippen LogP contribution in [0.15, 0.2) is 12.4 Å². The summed E-state index contributed by atoms with van der Waals surface area (Å²) in [5.74, 6) is 0.117. The first-order valence-corrected chi connectivity index (χ1v) is 8.45. The molecule has 8 nitrogen and oxygen atoms in total. The summed E-state index contributed by atoms with van der Waals surface area (Å²) >= 11 is 0. The number of amides is 3. The molecule has 0 radical (unpaired) electrons. The maximum absolute atomic E-state index is 12.6. The van der Waals surface area contributed by atoms with Crippen molar-refractivity contribution >= 4 is 17.6 Å². The summed E-state index contributed by atoms with van der Waals surface area (Å²) in [7, 11) is 5.84. The smallest absolute Gasteiger partial charge is 0.322 e. The highest BCUT2D eigenvalue weighted by molar-refractivity contribution is 5.91. The number of rotatable bonds is 4. The number of carbonyl (C=O) groups is 2. The number of piperidine rings is 1. The van der Waals surface area contributed by atoms with Crippen molar-refractivity contribution in [3.63, 3.8) is 0 Å². The Hall–Kier alpha value is -2.09. The van der Waals surface area contributed by atoms with Gasteiger partial charge >= 0.3 is 6.03 Å². The molecule has 0 unspecified atom stereocenters. The second-order valence-electron chi connectivity index (χ2n) is 6.95. The SMILES string of the molecule is CN(C)CCn1cc(NC(=O)N2CCC[C@H]3C(=O)N(C)C[C@H]32)cn1. The molecule has 2 aliphatic heterocycles. The molecule has 0 spiro atoms. The first-order valence-electron chi connectivity index (χ1n) is 8.45. The average molecular weight is 334 g/mol. The van der Waals surface area contributed by atoms with Crippen molar-refractivity contribution in [1.29, 1.82) is 0 Å². The third-order valence-electron chi connectivity index (χ3n) is 4.85. The van der Waals surface area contributed by atoms with E-state index in [0.717, 1.165) is 25.9 Å². The van der Waals surface area contributed by atoms with Gasteiger partial charge in [-0.2, -0.15) is 5.10 Å². The molecule has 3 heterocycles. The second-order valence-corrected chi connectivity index (χ2v) is 6.95. The largest absolute Gasteiger partial charge is 0.343 e. The van der Waals surface area contributed by atoms with Crippen LogP contribution < -0.4 is 5.32 Å². The Morgan fingerprint density at radius 1 is 1.46 bits per heavy atom. The van der Waals surface area contributed by atoms with Crippen LogP contribution in [0.1, 0.15) is 12.8 Å². The van der Waals surface area contributed by atoms with Crippen molar-refractivity contribution in [2.75, 3.05) is 46.1 Å². The quantitative estimate of drug-likeness (QED) is 0.872. The highest BCUT2D eigenvalue weighted by Crippen LogP contribution is 2.31. The molecule has 0 bridgehead atoms. The first-order chi connectivity index (χ1) is 11.5. The Morgan fingerprint density at radius 3 is 3.00 bits per heavy atom. The molecular formula is C16H26N6O2. The van der Waals surface area contributed by atoms with Gasteiger partial charge in [0.05, 0.1) is 30.4 Å². The number of likely N-dealkylation sites (N-methyl/N-ethyl adjacent to an activating group) is 2. The molecule has 1 N–H and O–H groups in total. The van der Waals surface area contributed by atoms with Gasteiger partial charge in [0.25, 0.3) is 0 Å². The van der Waals surface area contributed by atoms with Gasteiger partial charge in [-0.1, -0.05) is 0 Å². The molecule has 2 fully saturated rings. The third kappa shape index (κ3) is 3.38. The van der Waals surface area contributed by atoms with E-state index in [2.05, 4.69) is 15.3 Å². The Labute approximate surface area is 142 Å². The van der Waals surface area contributed by atoms with Gasteiger partial charge in [0.1, 0.15) is 0 Å². The van der Waals surface area contributed by atoms with Crippen molar-refractivity contribution < 1.29 is 9.59 Å². The molecule has 132 valence electrons. The Balaban J connectivity index is 1.61. The molecule has 1 aromatic heterocycles. The van der Waals surface area contributed by atoms with E-state index in [-0.39, 0.29) is 23.9 Å². The van der Waals surface area contributed by atoms with Gasteiger partial charge in [0, 0.05) is 32.9 Å². The van der Waals surface area contributed by atoms with Gasteiger partial charge in [0.15, 0.2) is 0 Å². The lowest BCUT2D eigenvalue weighted by atomic mass is 9.92. The molecule has 24 heavy (non-hydrogen) atoms. The number of carbonyl (C=O) groups excluding carboxylic acids is 2. The minimum Gasteiger partial charge on any atom is -0.343 e. The number of nitrogens with zero attached hydrogens (tertiary/aromatic N) is 5. The normalized spacial score (nSPS) is 23.8. The Bertz CT molecular complexity index is 613. The predicted molar refractivity (Wildman–Crippen MR) is 90.7 cm³/mol. The average Bonchev–Trinajstić information content (AvgIpc) is 3.10. The van der Waals surface area contributed by atoms with Crippen LogP contribution in [0.3, 0.4) is 0 Å².